The Balaban J connectivity index is 0.000000356. The normalized spacial score (nSPS) is 12.2. The molecule has 0 aliphatic rings. The summed E-state index contributed by atoms with van der Waals surface area (Å²) in [6.07, 6.45) is 1.34. The highest BCUT2D eigenvalue weighted by Crippen LogP contribution is 2.24. The molecule has 7 N–H and O–H groups in total. The van der Waals surface area contributed by atoms with Crippen LogP contribution in [-0.4, -0.2) is 34.6 Å². The molecule has 3 aromatic carbocycles. The average Bonchev–Trinajstić information content (AvgIpc) is 2.92. The van der Waals surface area contributed by atoms with Gasteiger partial charge >= 0.3 is 0 Å². The highest BCUT2D eigenvalue weighted by Gasteiger charge is 2.27. The number of aryl methyl sites for hydroxylation is 1. The van der Waals surface area contributed by atoms with Crippen molar-refractivity contribution < 1.29 is 14.7 Å². The molecule has 37 heavy (non-hydrogen) atoms. The Labute approximate surface area is 216 Å². The molecule has 0 bridgehead atoms. The number of hydrogen-bond donors (Lipinski definition) is 5. The van der Waals surface area contributed by atoms with Crippen molar-refractivity contribution in [1.29, 1.82) is 0 Å². The van der Waals surface area contributed by atoms with Crippen LogP contribution >= 0.6 is 0 Å². The number of carbonyl (C=O) groups is 2. The smallest absolute Gasteiger partial charge is 0.255 e. The quantitative estimate of drug-likeness (QED) is 0.249. The average molecular weight is 500 g/mol. The third kappa shape index (κ3) is 7.36. The first-order valence-corrected chi connectivity index (χ1v) is 12.1. The lowest BCUT2D eigenvalue weighted by atomic mass is 9.98. The van der Waals surface area contributed by atoms with Crippen LogP contribution in [-0.2, 0) is 11.2 Å². The van der Waals surface area contributed by atoms with E-state index in [0.717, 1.165) is 22.8 Å². The number of nitrogen functional groups attached to an aromatic ring is 1. The van der Waals surface area contributed by atoms with Gasteiger partial charge in [-0.2, -0.15) is 0 Å². The van der Waals surface area contributed by atoms with Gasteiger partial charge in [0.2, 0.25) is 5.91 Å². The molecule has 0 radical (unpaired) electrons. The van der Waals surface area contributed by atoms with Gasteiger partial charge in [0.1, 0.15) is 5.82 Å². The molecule has 1 heterocycles. The van der Waals surface area contributed by atoms with Crippen LogP contribution < -0.4 is 22.1 Å². The van der Waals surface area contributed by atoms with Crippen LogP contribution in [0.5, 0.6) is 0 Å². The summed E-state index contributed by atoms with van der Waals surface area (Å²) < 4.78 is 0. The van der Waals surface area contributed by atoms with Crippen molar-refractivity contribution in [2.45, 2.75) is 32.4 Å². The number of benzene rings is 3. The van der Waals surface area contributed by atoms with Gasteiger partial charge in [-0.1, -0.05) is 62.4 Å². The van der Waals surface area contributed by atoms with E-state index in [-0.39, 0.29) is 5.91 Å². The fourth-order valence-corrected chi connectivity index (χ4v) is 3.83. The minimum absolute atomic E-state index is 0.379. The van der Waals surface area contributed by atoms with Crippen LogP contribution in [0.15, 0.2) is 85.1 Å². The summed E-state index contributed by atoms with van der Waals surface area (Å²) in [5.41, 5.74) is 14.1. The lowest BCUT2D eigenvalue weighted by molar-refractivity contribution is -0.125. The Morgan fingerprint density at radius 3 is 2.27 bits per heavy atom. The fourth-order valence-electron chi connectivity index (χ4n) is 3.83. The molecule has 2 unspecified atom stereocenters. The van der Waals surface area contributed by atoms with Gasteiger partial charge in [-0.05, 0) is 59.8 Å². The topological polar surface area (TPSA) is 143 Å². The number of hydrogen-bond acceptors (Lipinski definition) is 6. The van der Waals surface area contributed by atoms with E-state index in [2.05, 4.69) is 22.5 Å². The Morgan fingerprint density at radius 2 is 1.68 bits per heavy atom. The molecule has 0 aliphatic carbocycles. The zero-order chi connectivity index (χ0) is 26.8. The molecule has 4 aromatic rings. The molecule has 4 rings (SSSR count). The molecular formula is C29H33N5O3. The number of aliphatic hydroxyl groups is 1. The van der Waals surface area contributed by atoms with Gasteiger partial charge < -0.3 is 27.2 Å². The van der Waals surface area contributed by atoms with Crippen molar-refractivity contribution in [1.82, 2.24) is 10.3 Å². The molecule has 0 spiro atoms. The minimum atomic E-state index is -1.24. The summed E-state index contributed by atoms with van der Waals surface area (Å²) in [5.74, 6) is -0.460. The van der Waals surface area contributed by atoms with E-state index in [1.165, 1.54) is 5.56 Å². The van der Waals surface area contributed by atoms with E-state index < -0.39 is 18.1 Å². The number of amides is 2. The first kappa shape index (κ1) is 27.3. The van der Waals surface area contributed by atoms with Gasteiger partial charge in [-0.3, -0.25) is 9.59 Å². The standard InChI is InChI=1S/C22H26N4O2.C7H7NO/c1-3-14-5-7-16(8-6-14)19(24-4-2)20(27)22(28)26-17-10-9-15-11-12-25-21(23)18(15)13-17;8-7(9)6-4-2-1-3-5-6/h5-13,19-20,24,27H,3-4H2,1-2H3,(H2,23,25)(H,26,28);1-5H,(H2,8,9). The highest BCUT2D eigenvalue weighted by molar-refractivity contribution is 5.99. The first-order chi connectivity index (χ1) is 17.8. The fraction of sp³-hybridized carbons (Fsp3) is 0.207. The summed E-state index contributed by atoms with van der Waals surface area (Å²) in [7, 11) is 0. The van der Waals surface area contributed by atoms with Gasteiger partial charge in [0.05, 0.1) is 6.04 Å². The second-order valence-electron chi connectivity index (χ2n) is 8.43. The van der Waals surface area contributed by atoms with E-state index in [4.69, 9.17) is 11.5 Å². The molecular weight excluding hydrogens is 466 g/mol. The lowest BCUT2D eigenvalue weighted by Gasteiger charge is -2.24. The van der Waals surface area contributed by atoms with Gasteiger partial charge in [-0.25, -0.2) is 4.98 Å². The second-order valence-corrected chi connectivity index (χ2v) is 8.43. The number of aliphatic hydroxyl groups excluding tert-OH is 1. The number of primary amides is 1. The Kier molecular flexibility index (Phi) is 9.71. The molecule has 0 fully saturated rings. The maximum atomic E-state index is 12.7. The van der Waals surface area contributed by atoms with E-state index in [1.807, 2.05) is 49.4 Å². The number of nitrogens with one attached hydrogen (secondary N) is 2. The van der Waals surface area contributed by atoms with Crippen molar-refractivity contribution in [3.8, 4) is 0 Å². The zero-order valence-electron chi connectivity index (χ0n) is 21.0. The first-order valence-electron chi connectivity index (χ1n) is 12.1. The molecule has 1 aromatic heterocycles. The molecule has 0 saturated heterocycles. The van der Waals surface area contributed by atoms with Crippen LogP contribution in [0.2, 0.25) is 0 Å². The number of nitrogens with two attached hydrogens (primary N) is 2. The summed E-state index contributed by atoms with van der Waals surface area (Å²) >= 11 is 0. The summed E-state index contributed by atoms with van der Waals surface area (Å²) in [6, 6.07) is 23.5. The molecule has 2 amide bonds. The maximum absolute atomic E-state index is 12.7. The van der Waals surface area contributed by atoms with Gasteiger partial charge in [-0.15, -0.1) is 0 Å². The Hall–Kier alpha value is -4.27. The van der Waals surface area contributed by atoms with Crippen molar-refractivity contribution in [3.05, 3.63) is 102 Å². The molecule has 192 valence electrons. The number of aromatic nitrogens is 1. The van der Waals surface area contributed by atoms with Crippen LogP contribution in [0, 0.1) is 0 Å². The molecule has 2 atom stereocenters. The highest BCUT2D eigenvalue weighted by atomic mass is 16.3. The number of likely N-dealkylation sites (N-methyl/N-ethyl adjacent to an activating group) is 1. The van der Waals surface area contributed by atoms with Crippen LogP contribution in [0.25, 0.3) is 10.8 Å². The van der Waals surface area contributed by atoms with E-state index in [9.17, 15) is 14.7 Å². The molecule has 0 aliphatic heterocycles. The third-order valence-corrected chi connectivity index (χ3v) is 5.88. The van der Waals surface area contributed by atoms with Gasteiger partial charge in [0.25, 0.3) is 5.91 Å². The predicted molar refractivity (Wildman–Crippen MR) is 148 cm³/mol. The van der Waals surface area contributed by atoms with Crippen LogP contribution in [0.4, 0.5) is 11.5 Å². The number of fused-ring (bicyclic) bond motifs is 1. The number of nitrogens with zero attached hydrogens (tertiary/aromatic N) is 1. The zero-order valence-corrected chi connectivity index (χ0v) is 21.0. The number of carbonyl (C=O) groups excluding carboxylic acids is 2. The van der Waals surface area contributed by atoms with Crippen molar-refractivity contribution in [3.63, 3.8) is 0 Å². The number of rotatable bonds is 8. The maximum Gasteiger partial charge on any atom is 0.255 e. The van der Waals surface area contributed by atoms with E-state index in [1.54, 1.807) is 42.6 Å². The number of anilines is 2. The predicted octanol–water partition coefficient (Wildman–Crippen LogP) is 3.82. The van der Waals surface area contributed by atoms with Crippen LogP contribution in [0.3, 0.4) is 0 Å². The summed E-state index contributed by atoms with van der Waals surface area (Å²) in [5, 5.41) is 18.4. The van der Waals surface area contributed by atoms with Crippen molar-refractivity contribution in [2.24, 2.45) is 5.73 Å². The summed E-state index contributed by atoms with van der Waals surface area (Å²) in [6.45, 7) is 4.66. The van der Waals surface area contributed by atoms with Crippen LogP contribution in [0.1, 0.15) is 41.4 Å². The van der Waals surface area contributed by atoms with Crippen molar-refractivity contribution >= 4 is 34.1 Å². The number of pyridine rings is 1. The minimum Gasteiger partial charge on any atom is -0.383 e. The monoisotopic (exact) mass is 499 g/mol. The largest absolute Gasteiger partial charge is 0.383 e. The molecule has 8 heteroatoms. The van der Waals surface area contributed by atoms with E-state index >= 15 is 0 Å². The molecule has 0 saturated carbocycles. The molecule has 8 nitrogen and oxygen atoms in total. The Bertz CT molecular complexity index is 1330. The summed E-state index contributed by atoms with van der Waals surface area (Å²) in [4.78, 5) is 27.2. The SMILES string of the molecule is CCNC(c1ccc(CC)cc1)C(O)C(=O)Nc1ccc2ccnc(N)c2c1.NC(=O)c1ccccc1. The van der Waals surface area contributed by atoms with E-state index in [0.29, 0.717) is 23.6 Å². The Morgan fingerprint density at radius 1 is 0.973 bits per heavy atom. The lowest BCUT2D eigenvalue weighted by Crippen LogP contribution is -2.40. The van der Waals surface area contributed by atoms with Gasteiger partial charge in [0, 0.05) is 22.8 Å². The third-order valence-electron chi connectivity index (χ3n) is 5.88. The van der Waals surface area contributed by atoms with Crippen molar-refractivity contribution in [2.75, 3.05) is 17.6 Å². The van der Waals surface area contributed by atoms with Gasteiger partial charge in [0.15, 0.2) is 6.10 Å². The second kappa shape index (κ2) is 13.2.